The van der Waals surface area contributed by atoms with Crippen molar-refractivity contribution in [3.63, 3.8) is 0 Å². The number of rotatable bonds is 6. The summed E-state index contributed by atoms with van der Waals surface area (Å²) in [6.07, 6.45) is 1.16. The zero-order valence-corrected chi connectivity index (χ0v) is 15.8. The van der Waals surface area contributed by atoms with E-state index in [0.717, 1.165) is 16.5 Å². The molecule has 0 aliphatic rings. The Bertz CT molecular complexity index is 1020. The highest BCUT2D eigenvalue weighted by atomic mass is 16.5. The summed E-state index contributed by atoms with van der Waals surface area (Å²) in [5, 5.41) is 0.799. The van der Waals surface area contributed by atoms with Gasteiger partial charge in [-0.05, 0) is 30.2 Å². The fraction of sp³-hybridized carbons (Fsp3) is 0.227. The van der Waals surface area contributed by atoms with Gasteiger partial charge in [0.15, 0.2) is 5.78 Å². The predicted molar refractivity (Wildman–Crippen MR) is 104 cm³/mol. The van der Waals surface area contributed by atoms with Gasteiger partial charge < -0.3 is 9.47 Å². The van der Waals surface area contributed by atoms with Crippen molar-refractivity contribution < 1.29 is 23.9 Å². The summed E-state index contributed by atoms with van der Waals surface area (Å²) in [6, 6.07) is 15.1. The number of nitrogens with zero attached hydrogens (tertiary/aromatic N) is 1. The first-order valence-corrected chi connectivity index (χ1v) is 8.90. The zero-order valence-electron chi connectivity index (χ0n) is 15.8. The number of hydrogen-bond acceptors (Lipinski definition) is 5. The number of ether oxygens (including phenoxy) is 2. The normalized spacial score (nSPS) is 10.6. The van der Waals surface area contributed by atoms with Crippen LogP contribution in [0.25, 0.3) is 10.9 Å². The van der Waals surface area contributed by atoms with Gasteiger partial charge in [0.1, 0.15) is 13.2 Å². The third-order valence-electron chi connectivity index (χ3n) is 4.27. The molecule has 144 valence electrons. The van der Waals surface area contributed by atoms with Crippen LogP contribution in [0.2, 0.25) is 0 Å². The van der Waals surface area contributed by atoms with Crippen molar-refractivity contribution in [2.24, 2.45) is 0 Å². The number of benzene rings is 2. The van der Waals surface area contributed by atoms with E-state index in [1.54, 1.807) is 6.20 Å². The largest absolute Gasteiger partial charge is 0.458 e. The zero-order chi connectivity index (χ0) is 20.1. The summed E-state index contributed by atoms with van der Waals surface area (Å²) < 4.78 is 11.6. The molecule has 0 N–H and O–H groups in total. The van der Waals surface area contributed by atoms with E-state index in [2.05, 4.69) is 0 Å². The molecule has 2 aromatic carbocycles. The van der Waals surface area contributed by atoms with Gasteiger partial charge in [-0.1, -0.05) is 42.0 Å². The Hall–Kier alpha value is -3.41. The highest BCUT2D eigenvalue weighted by molar-refractivity contribution is 5.95. The fourth-order valence-corrected chi connectivity index (χ4v) is 2.94. The number of carbonyl (C=O) groups is 3. The maximum atomic E-state index is 12.6. The first-order valence-electron chi connectivity index (χ1n) is 8.90. The van der Waals surface area contributed by atoms with Crippen molar-refractivity contribution in [2.75, 3.05) is 6.61 Å². The van der Waals surface area contributed by atoms with Crippen LogP contribution >= 0.6 is 0 Å². The van der Waals surface area contributed by atoms with Crippen LogP contribution in [-0.2, 0) is 32.1 Å². The molecule has 0 saturated carbocycles. The molecule has 1 aromatic heterocycles. The Morgan fingerprint density at radius 3 is 2.46 bits per heavy atom. The molecule has 1 heterocycles. The van der Waals surface area contributed by atoms with Gasteiger partial charge in [0.25, 0.3) is 0 Å². The van der Waals surface area contributed by atoms with Crippen molar-refractivity contribution in [2.45, 2.75) is 26.9 Å². The van der Waals surface area contributed by atoms with E-state index in [-0.39, 0.29) is 25.4 Å². The molecule has 0 aliphatic heterocycles. The lowest BCUT2D eigenvalue weighted by atomic mass is 10.1. The molecule has 6 nitrogen and oxygen atoms in total. The quantitative estimate of drug-likeness (QED) is 0.609. The molecule has 0 saturated heterocycles. The molecular formula is C22H21NO5. The van der Waals surface area contributed by atoms with Gasteiger partial charge in [0.05, 0.1) is 5.52 Å². The van der Waals surface area contributed by atoms with Crippen LogP contribution < -0.4 is 0 Å². The predicted octanol–water partition coefficient (Wildman–Crippen LogP) is 3.81. The van der Waals surface area contributed by atoms with Crippen LogP contribution in [0.15, 0.2) is 54.7 Å². The van der Waals surface area contributed by atoms with Crippen molar-refractivity contribution >= 4 is 28.7 Å². The van der Waals surface area contributed by atoms with Crippen molar-refractivity contribution in [1.29, 1.82) is 0 Å². The number of carbonyl (C=O) groups excluding carboxylic acids is 3. The molecule has 3 rings (SSSR count). The number of ketones is 1. The monoisotopic (exact) mass is 379 g/mol. The summed E-state index contributed by atoms with van der Waals surface area (Å²) in [5.41, 5.74) is 3.25. The van der Waals surface area contributed by atoms with Crippen LogP contribution in [0.1, 0.15) is 23.6 Å². The third-order valence-corrected chi connectivity index (χ3v) is 4.27. The van der Waals surface area contributed by atoms with E-state index >= 15 is 0 Å². The summed E-state index contributed by atoms with van der Waals surface area (Å²) in [7, 11) is 0. The number of fused-ring (bicyclic) bond motifs is 1. The molecule has 0 atom stereocenters. The first kappa shape index (κ1) is 19.4. The summed E-state index contributed by atoms with van der Waals surface area (Å²) >= 11 is 0. The van der Waals surface area contributed by atoms with Gasteiger partial charge in [0.2, 0.25) is 0 Å². The smallest absolute Gasteiger partial charge is 0.418 e. The Labute approximate surface area is 162 Å². The van der Waals surface area contributed by atoms with E-state index in [4.69, 9.17) is 9.47 Å². The second-order valence-corrected chi connectivity index (χ2v) is 6.58. The minimum Gasteiger partial charge on any atom is -0.458 e. The van der Waals surface area contributed by atoms with E-state index in [0.29, 0.717) is 11.1 Å². The van der Waals surface area contributed by atoms with Crippen LogP contribution in [0, 0.1) is 6.92 Å². The minimum atomic E-state index is -0.517. The summed E-state index contributed by atoms with van der Waals surface area (Å²) in [6.45, 7) is 3.07. The lowest BCUT2D eigenvalue weighted by molar-refractivity contribution is -0.145. The van der Waals surface area contributed by atoms with Crippen molar-refractivity contribution in [3.05, 3.63) is 71.4 Å². The van der Waals surface area contributed by atoms with Crippen LogP contribution in [0.4, 0.5) is 4.79 Å². The minimum absolute atomic E-state index is 0.0617. The molecule has 0 fully saturated rings. The van der Waals surface area contributed by atoms with Crippen molar-refractivity contribution in [3.8, 4) is 0 Å². The maximum Gasteiger partial charge on any atom is 0.418 e. The van der Waals surface area contributed by atoms with Gasteiger partial charge in [-0.15, -0.1) is 0 Å². The highest BCUT2D eigenvalue weighted by Gasteiger charge is 2.17. The molecule has 0 aliphatic carbocycles. The number of aromatic nitrogens is 1. The molecule has 0 unspecified atom stereocenters. The van der Waals surface area contributed by atoms with Gasteiger partial charge >= 0.3 is 12.1 Å². The van der Waals surface area contributed by atoms with E-state index in [1.807, 2.05) is 55.5 Å². The molecule has 0 amide bonds. The standard InChI is InChI=1S/C22H21NO5/c1-15-8-9-21-20(10-15)18(11-19(25)14-27-16(2)24)12-23(21)22(26)28-13-17-6-4-3-5-7-17/h3-10,12H,11,13-14H2,1-2H3. The van der Waals surface area contributed by atoms with Gasteiger partial charge in [0, 0.05) is 24.9 Å². The summed E-state index contributed by atoms with van der Waals surface area (Å²) in [5.74, 6) is -0.746. The number of aryl methyl sites for hydroxylation is 1. The Balaban J connectivity index is 1.83. The molecular weight excluding hydrogens is 358 g/mol. The second-order valence-electron chi connectivity index (χ2n) is 6.58. The Kier molecular flexibility index (Phi) is 5.89. The van der Waals surface area contributed by atoms with Gasteiger partial charge in [-0.2, -0.15) is 0 Å². The average Bonchev–Trinajstić information content (AvgIpc) is 3.03. The lowest BCUT2D eigenvalue weighted by Gasteiger charge is -2.06. The Morgan fingerprint density at radius 1 is 1.00 bits per heavy atom. The van der Waals surface area contributed by atoms with E-state index in [1.165, 1.54) is 11.5 Å². The molecule has 0 spiro atoms. The Morgan fingerprint density at radius 2 is 1.75 bits per heavy atom. The van der Waals surface area contributed by atoms with Crippen molar-refractivity contribution in [1.82, 2.24) is 4.57 Å². The van der Waals surface area contributed by atoms with Gasteiger partial charge in [-0.3, -0.25) is 14.2 Å². The van der Waals surface area contributed by atoms with Gasteiger partial charge in [-0.25, -0.2) is 4.79 Å². The van der Waals surface area contributed by atoms with E-state index < -0.39 is 12.1 Å². The number of Topliss-reactive ketones (excluding diaryl/α,β-unsaturated/α-hetero) is 1. The number of hydrogen-bond donors (Lipinski definition) is 0. The van der Waals surface area contributed by atoms with E-state index in [9.17, 15) is 14.4 Å². The maximum absolute atomic E-state index is 12.6. The molecule has 6 heteroatoms. The lowest BCUT2D eigenvalue weighted by Crippen LogP contribution is -2.14. The molecule has 0 radical (unpaired) electrons. The third kappa shape index (κ3) is 4.65. The SMILES string of the molecule is CC(=O)OCC(=O)Cc1cn(C(=O)OCc2ccccc2)c2ccc(C)cc12. The van der Waals surface area contributed by atoms with Crippen LogP contribution in [-0.4, -0.2) is 29.0 Å². The average molecular weight is 379 g/mol. The second kappa shape index (κ2) is 8.52. The first-order chi connectivity index (χ1) is 13.4. The summed E-state index contributed by atoms with van der Waals surface area (Å²) in [4.78, 5) is 35.7. The molecule has 0 bridgehead atoms. The fourth-order valence-electron chi connectivity index (χ4n) is 2.94. The molecule has 28 heavy (non-hydrogen) atoms. The van der Waals surface area contributed by atoms with Crippen LogP contribution in [0.3, 0.4) is 0 Å². The number of esters is 1. The highest BCUT2D eigenvalue weighted by Crippen LogP contribution is 2.24. The molecule has 3 aromatic rings. The topological polar surface area (TPSA) is 74.6 Å². The van der Waals surface area contributed by atoms with Crippen LogP contribution in [0.5, 0.6) is 0 Å².